The van der Waals surface area contributed by atoms with Crippen molar-refractivity contribution >= 4 is 16.2 Å². The van der Waals surface area contributed by atoms with Crippen molar-refractivity contribution in [2.75, 3.05) is 26.2 Å². The summed E-state index contributed by atoms with van der Waals surface area (Å²) < 4.78 is 38.6. The Bertz CT molecular complexity index is 697. The van der Waals surface area contributed by atoms with Crippen LogP contribution in [0.2, 0.25) is 0 Å². The van der Waals surface area contributed by atoms with Gasteiger partial charge in [0.25, 0.3) is 0 Å². The molecule has 1 aliphatic rings. The van der Waals surface area contributed by atoms with Gasteiger partial charge in [-0.1, -0.05) is 9.00 Å². The molecule has 0 aliphatic carbocycles. The van der Waals surface area contributed by atoms with Crippen molar-refractivity contribution in [3.8, 4) is 5.75 Å². The minimum atomic E-state index is -5.14. The Labute approximate surface area is 127 Å². The average molecular weight is 329 g/mol. The van der Waals surface area contributed by atoms with Gasteiger partial charge < -0.3 is 9.50 Å². The van der Waals surface area contributed by atoms with Gasteiger partial charge in [-0.2, -0.15) is 8.42 Å². The molecule has 8 nitrogen and oxygen atoms in total. The Balaban J connectivity index is 2.35. The molecule has 0 spiro atoms. The van der Waals surface area contributed by atoms with E-state index >= 15 is 0 Å². The number of nitrogens with zero attached hydrogens (tertiary/aromatic N) is 4. The minimum Gasteiger partial charge on any atom is -0.358 e. The summed E-state index contributed by atoms with van der Waals surface area (Å²) in [4.78, 5) is 4.82. The molecule has 1 heterocycles. The lowest BCUT2D eigenvalue weighted by Gasteiger charge is -2.28. The lowest BCUT2D eigenvalue weighted by molar-refractivity contribution is 0.232. The molecule has 0 unspecified atom stereocenters. The number of piperazine rings is 1. The van der Waals surface area contributed by atoms with Crippen molar-refractivity contribution in [3.63, 3.8) is 0 Å². The largest absolute Gasteiger partial charge is 0.488 e. The highest BCUT2D eigenvalue weighted by Crippen LogP contribution is 2.31. The molecule has 1 N–H and O–H groups in total. The van der Waals surface area contributed by atoms with Crippen LogP contribution in [0.4, 0.5) is 9.57 Å². The van der Waals surface area contributed by atoms with Gasteiger partial charge in [0, 0.05) is 43.3 Å². The van der Waals surface area contributed by atoms with Crippen LogP contribution < -0.4 is 9.50 Å². The van der Waals surface area contributed by atoms with Crippen LogP contribution in [-0.2, 0) is 17.0 Å². The third kappa shape index (κ3) is 4.57. The van der Waals surface area contributed by atoms with Crippen LogP contribution in [-0.4, -0.2) is 39.5 Å². The molecule has 0 aromatic heterocycles. The molecule has 10 heteroatoms. The Morgan fingerprint density at radius 2 is 2.14 bits per heavy atom. The summed E-state index contributed by atoms with van der Waals surface area (Å²) in [6.07, 6.45) is 0. The number of halogens is 1. The molecular weight excluding hydrogens is 313 g/mol. The van der Waals surface area contributed by atoms with Crippen LogP contribution in [0.15, 0.2) is 17.2 Å². The van der Waals surface area contributed by atoms with E-state index < -0.39 is 10.5 Å². The quantitative estimate of drug-likeness (QED) is 0.384. The third-order valence-electron chi connectivity index (χ3n) is 3.41. The molecule has 0 radical (unpaired) electrons. The second kappa shape index (κ2) is 6.93. The number of nitrogens with one attached hydrogen (secondary N) is 1. The van der Waals surface area contributed by atoms with Gasteiger partial charge >= 0.3 is 10.5 Å². The maximum atomic E-state index is 12.8. The Morgan fingerprint density at radius 1 is 1.45 bits per heavy atom. The highest BCUT2D eigenvalue weighted by Gasteiger charge is 2.18. The zero-order chi connectivity index (χ0) is 16.2. The van der Waals surface area contributed by atoms with E-state index in [1.165, 1.54) is 6.07 Å². The van der Waals surface area contributed by atoms with E-state index in [0.29, 0.717) is 12.1 Å². The highest BCUT2D eigenvalue weighted by molar-refractivity contribution is 7.81. The fourth-order valence-corrected chi connectivity index (χ4v) is 2.69. The summed E-state index contributed by atoms with van der Waals surface area (Å²) in [6.45, 7) is 5.56. The van der Waals surface area contributed by atoms with Gasteiger partial charge in [-0.15, -0.1) is 0 Å². The van der Waals surface area contributed by atoms with E-state index in [9.17, 15) is 12.3 Å². The minimum absolute atomic E-state index is 0.169. The van der Waals surface area contributed by atoms with E-state index in [0.717, 1.165) is 31.7 Å². The summed E-state index contributed by atoms with van der Waals surface area (Å²) in [7, 11) is -5.14. The van der Waals surface area contributed by atoms with Gasteiger partial charge in [0.2, 0.25) is 0 Å². The fraction of sp³-hybridized carbons (Fsp3) is 0.500. The summed E-state index contributed by atoms with van der Waals surface area (Å²) in [6, 6.07) is 2.85. The molecule has 1 fully saturated rings. The average Bonchev–Trinajstić information content (AvgIpc) is 2.44. The molecule has 2 rings (SSSR count). The topological polar surface area (TPSA) is 107 Å². The van der Waals surface area contributed by atoms with Crippen LogP contribution in [0.1, 0.15) is 11.1 Å². The molecule has 1 aromatic rings. The molecule has 120 valence electrons. The Morgan fingerprint density at radius 3 is 2.73 bits per heavy atom. The van der Waals surface area contributed by atoms with Crippen LogP contribution in [0.5, 0.6) is 5.75 Å². The van der Waals surface area contributed by atoms with Crippen molar-refractivity contribution < 1.29 is 16.5 Å². The fourth-order valence-electron chi connectivity index (χ4n) is 2.31. The van der Waals surface area contributed by atoms with Crippen LogP contribution >= 0.6 is 0 Å². The predicted molar refractivity (Wildman–Crippen MR) is 78.8 cm³/mol. The Kier molecular flexibility index (Phi) is 5.19. The molecule has 0 saturated carbocycles. The molecule has 0 bridgehead atoms. The van der Waals surface area contributed by atoms with E-state index in [4.69, 9.17) is 5.53 Å². The van der Waals surface area contributed by atoms with Crippen LogP contribution in [0.3, 0.4) is 0 Å². The molecule has 22 heavy (non-hydrogen) atoms. The second-order valence-electron chi connectivity index (χ2n) is 4.92. The van der Waals surface area contributed by atoms with E-state index in [2.05, 4.69) is 24.4 Å². The van der Waals surface area contributed by atoms with Gasteiger partial charge in [0.1, 0.15) is 5.75 Å². The molecule has 1 aromatic carbocycles. The van der Waals surface area contributed by atoms with E-state index in [1.807, 2.05) is 0 Å². The zero-order valence-electron chi connectivity index (χ0n) is 12.0. The van der Waals surface area contributed by atoms with Gasteiger partial charge in [-0.25, -0.2) is 0 Å². The monoisotopic (exact) mass is 329 g/mol. The molecular formula is C12H16FN5O3S. The third-order valence-corrected chi connectivity index (χ3v) is 3.78. The van der Waals surface area contributed by atoms with Gasteiger partial charge in [-0.3, -0.25) is 4.90 Å². The van der Waals surface area contributed by atoms with E-state index in [1.54, 1.807) is 13.0 Å². The van der Waals surface area contributed by atoms with E-state index in [-0.39, 0.29) is 11.4 Å². The summed E-state index contributed by atoms with van der Waals surface area (Å²) in [5, 5.41) is 6.67. The Hall–Kier alpha value is -1.87. The first-order valence-electron chi connectivity index (χ1n) is 6.65. The molecule has 1 saturated heterocycles. The number of hydrogen-bond acceptors (Lipinski definition) is 6. The number of benzene rings is 1. The smallest absolute Gasteiger partial charge is 0.358 e. The predicted octanol–water partition coefficient (Wildman–Crippen LogP) is 1.94. The second-order valence-corrected chi connectivity index (χ2v) is 5.87. The van der Waals surface area contributed by atoms with Gasteiger partial charge in [-0.05, 0) is 35.7 Å². The van der Waals surface area contributed by atoms with Crippen molar-refractivity contribution in [2.45, 2.75) is 13.5 Å². The lowest BCUT2D eigenvalue weighted by atomic mass is 10.1. The van der Waals surface area contributed by atoms with Crippen molar-refractivity contribution in [1.82, 2.24) is 10.2 Å². The number of hydrogen-bond donors (Lipinski definition) is 1. The highest BCUT2D eigenvalue weighted by atomic mass is 32.3. The van der Waals surface area contributed by atoms with Crippen molar-refractivity contribution in [3.05, 3.63) is 33.7 Å². The van der Waals surface area contributed by atoms with Gasteiger partial charge in [0.05, 0.1) is 0 Å². The standard InChI is InChI=1S/C12H16FN5O3S/c1-9-10(8-18-4-2-15-3-5-18)6-11(16-17-14)7-12(9)21-22(13,19)20/h6-7,15H,2-5,8H2,1H3. The van der Waals surface area contributed by atoms with Crippen LogP contribution in [0, 0.1) is 6.92 Å². The van der Waals surface area contributed by atoms with Crippen molar-refractivity contribution in [2.24, 2.45) is 5.11 Å². The normalized spacial score (nSPS) is 16.1. The molecule has 1 aliphatic heterocycles. The van der Waals surface area contributed by atoms with Crippen LogP contribution in [0.25, 0.3) is 10.4 Å². The van der Waals surface area contributed by atoms with Gasteiger partial charge in [0.15, 0.2) is 0 Å². The first-order valence-corrected chi connectivity index (χ1v) is 7.95. The number of rotatable bonds is 5. The first kappa shape index (κ1) is 16.5. The summed E-state index contributed by atoms with van der Waals surface area (Å²) >= 11 is 0. The maximum Gasteiger partial charge on any atom is 0.488 e. The molecule has 0 amide bonds. The zero-order valence-corrected chi connectivity index (χ0v) is 12.8. The van der Waals surface area contributed by atoms with Crippen molar-refractivity contribution in [1.29, 1.82) is 0 Å². The lowest BCUT2D eigenvalue weighted by Crippen LogP contribution is -2.43. The summed E-state index contributed by atoms with van der Waals surface area (Å²) in [5.41, 5.74) is 9.93. The SMILES string of the molecule is Cc1c(CN2CCNCC2)cc(N=[N+]=[N-])cc1OS(=O)(=O)F. The number of azide groups is 1. The summed E-state index contributed by atoms with van der Waals surface area (Å²) in [5.74, 6) is -0.169. The maximum absolute atomic E-state index is 12.8. The molecule has 0 atom stereocenters. The first-order chi connectivity index (χ1) is 10.4.